The van der Waals surface area contributed by atoms with Crippen LogP contribution in [-0.2, 0) is 0 Å². The molecule has 0 aliphatic heterocycles. The molecule has 0 fully saturated rings. The zero-order valence-corrected chi connectivity index (χ0v) is 9.51. The van der Waals surface area contributed by atoms with Gasteiger partial charge in [0.05, 0.1) is 0 Å². The van der Waals surface area contributed by atoms with Gasteiger partial charge in [0.2, 0.25) is 0 Å². The normalized spacial score (nSPS) is 13.2. The van der Waals surface area contributed by atoms with Crippen molar-refractivity contribution in [2.45, 2.75) is 12.2 Å². The quantitative estimate of drug-likeness (QED) is 0.827. The van der Waals surface area contributed by atoms with Crippen LogP contribution in [0, 0.1) is 0 Å². The van der Waals surface area contributed by atoms with E-state index in [2.05, 4.69) is 0 Å². The lowest BCUT2D eigenvalue weighted by Crippen LogP contribution is -2.29. The maximum atomic E-state index is 12.3. The van der Waals surface area contributed by atoms with E-state index in [1.807, 2.05) is 0 Å². The first kappa shape index (κ1) is 14.8. The van der Waals surface area contributed by atoms with Crippen molar-refractivity contribution < 1.29 is 13.2 Å². The number of alkyl halides is 3. The highest BCUT2D eigenvalue weighted by atomic mass is 35.5. The first-order chi connectivity index (χ1) is 6.34. The highest BCUT2D eigenvalue weighted by Crippen LogP contribution is 2.37. The van der Waals surface area contributed by atoms with Crippen LogP contribution in [-0.4, -0.2) is 6.18 Å². The summed E-state index contributed by atoms with van der Waals surface area (Å²) in [5, 5.41) is -0.162. The second-order valence-corrected chi connectivity index (χ2v) is 3.47. The van der Waals surface area contributed by atoms with E-state index in [0.29, 0.717) is 0 Å². The Morgan fingerprint density at radius 3 is 1.87 bits per heavy atom. The summed E-state index contributed by atoms with van der Waals surface area (Å²) in [5.74, 6) is 0. The standard InChI is InChI=1S/C8H6Cl2F3N.ClH/c9-4-2-1-3-5(10)6(4)7(14)8(11,12)13;/h1-3,7H,14H2;1H/t7-;/m0./s1. The van der Waals surface area contributed by atoms with Crippen LogP contribution < -0.4 is 5.73 Å². The van der Waals surface area contributed by atoms with Crippen LogP contribution in [0.5, 0.6) is 0 Å². The second kappa shape index (κ2) is 5.25. The topological polar surface area (TPSA) is 26.0 Å². The average molecular weight is 281 g/mol. The van der Waals surface area contributed by atoms with E-state index in [1.54, 1.807) is 0 Å². The summed E-state index contributed by atoms with van der Waals surface area (Å²) in [6.45, 7) is 0. The third kappa shape index (κ3) is 3.41. The van der Waals surface area contributed by atoms with Crippen LogP contribution >= 0.6 is 35.6 Å². The van der Waals surface area contributed by atoms with Crippen LogP contribution in [0.25, 0.3) is 0 Å². The number of halogens is 6. The van der Waals surface area contributed by atoms with Gasteiger partial charge in [0, 0.05) is 15.6 Å². The summed E-state index contributed by atoms with van der Waals surface area (Å²) in [7, 11) is 0. The van der Waals surface area contributed by atoms with E-state index in [1.165, 1.54) is 18.2 Å². The molecule has 0 radical (unpaired) electrons. The van der Waals surface area contributed by atoms with Crippen molar-refractivity contribution in [1.29, 1.82) is 0 Å². The van der Waals surface area contributed by atoms with Gasteiger partial charge in [0.15, 0.2) is 0 Å². The molecule has 7 heteroatoms. The fourth-order valence-electron chi connectivity index (χ4n) is 0.971. The predicted molar refractivity (Wildman–Crippen MR) is 56.7 cm³/mol. The lowest BCUT2D eigenvalue weighted by molar-refractivity contribution is -0.149. The number of benzene rings is 1. The molecule has 0 aliphatic carbocycles. The molecule has 15 heavy (non-hydrogen) atoms. The maximum Gasteiger partial charge on any atom is 0.407 e. The Morgan fingerprint density at radius 2 is 1.53 bits per heavy atom. The van der Waals surface area contributed by atoms with Crippen LogP contribution in [0.2, 0.25) is 10.0 Å². The molecule has 2 N–H and O–H groups in total. The molecular formula is C8H7Cl3F3N. The first-order valence-electron chi connectivity index (χ1n) is 3.60. The third-order valence-electron chi connectivity index (χ3n) is 1.66. The van der Waals surface area contributed by atoms with Gasteiger partial charge < -0.3 is 5.73 Å². The van der Waals surface area contributed by atoms with Gasteiger partial charge in [-0.15, -0.1) is 12.4 Å². The third-order valence-corrected chi connectivity index (χ3v) is 2.32. The van der Waals surface area contributed by atoms with Crippen molar-refractivity contribution in [1.82, 2.24) is 0 Å². The Hall–Kier alpha value is -0.160. The van der Waals surface area contributed by atoms with E-state index in [0.717, 1.165) is 0 Å². The van der Waals surface area contributed by atoms with Crippen molar-refractivity contribution in [2.24, 2.45) is 5.73 Å². The monoisotopic (exact) mass is 279 g/mol. The van der Waals surface area contributed by atoms with Crippen molar-refractivity contribution in [3.05, 3.63) is 33.8 Å². The van der Waals surface area contributed by atoms with E-state index in [9.17, 15) is 13.2 Å². The highest BCUT2D eigenvalue weighted by molar-refractivity contribution is 6.36. The van der Waals surface area contributed by atoms with Crippen molar-refractivity contribution in [3.63, 3.8) is 0 Å². The SMILES string of the molecule is Cl.N[C@@H](c1c(Cl)cccc1Cl)C(F)(F)F. The minimum Gasteiger partial charge on any atom is -0.316 e. The van der Waals surface area contributed by atoms with Gasteiger partial charge in [-0.05, 0) is 12.1 Å². The van der Waals surface area contributed by atoms with Gasteiger partial charge in [-0.25, -0.2) is 0 Å². The summed E-state index contributed by atoms with van der Waals surface area (Å²) in [6, 6.07) is 1.93. The summed E-state index contributed by atoms with van der Waals surface area (Å²) in [4.78, 5) is 0. The Bertz CT molecular complexity index is 320. The van der Waals surface area contributed by atoms with Gasteiger partial charge >= 0.3 is 6.18 Å². The molecular weight excluding hydrogens is 273 g/mol. The minimum atomic E-state index is -4.55. The number of hydrogen-bond acceptors (Lipinski definition) is 1. The lowest BCUT2D eigenvalue weighted by atomic mass is 10.1. The second-order valence-electron chi connectivity index (χ2n) is 2.65. The number of hydrogen-bond donors (Lipinski definition) is 1. The molecule has 1 rings (SSSR count). The molecule has 0 unspecified atom stereocenters. The summed E-state index contributed by atoms with van der Waals surface area (Å²) in [5.41, 5.74) is 4.69. The van der Waals surface area contributed by atoms with Gasteiger partial charge in [-0.2, -0.15) is 13.2 Å². The molecule has 1 atom stereocenters. The largest absolute Gasteiger partial charge is 0.407 e. The van der Waals surface area contributed by atoms with Crippen molar-refractivity contribution in [3.8, 4) is 0 Å². The van der Waals surface area contributed by atoms with Crippen LogP contribution in [0.15, 0.2) is 18.2 Å². The van der Waals surface area contributed by atoms with Crippen molar-refractivity contribution >= 4 is 35.6 Å². The molecule has 0 spiro atoms. The smallest absolute Gasteiger partial charge is 0.316 e. The molecule has 86 valence electrons. The molecule has 1 aromatic carbocycles. The zero-order valence-electron chi connectivity index (χ0n) is 7.18. The zero-order chi connectivity index (χ0) is 10.9. The maximum absolute atomic E-state index is 12.3. The van der Waals surface area contributed by atoms with Gasteiger partial charge in [0.1, 0.15) is 6.04 Å². The van der Waals surface area contributed by atoms with E-state index in [-0.39, 0.29) is 28.0 Å². The molecule has 0 aromatic heterocycles. The number of rotatable bonds is 1. The molecule has 0 bridgehead atoms. The molecule has 0 saturated carbocycles. The molecule has 1 aromatic rings. The summed E-state index contributed by atoms with van der Waals surface area (Å²) >= 11 is 11.1. The summed E-state index contributed by atoms with van der Waals surface area (Å²) in [6.07, 6.45) is -4.55. The van der Waals surface area contributed by atoms with E-state index < -0.39 is 12.2 Å². The first-order valence-corrected chi connectivity index (χ1v) is 4.36. The van der Waals surface area contributed by atoms with Gasteiger partial charge in [-0.3, -0.25) is 0 Å². The fraction of sp³-hybridized carbons (Fsp3) is 0.250. The van der Waals surface area contributed by atoms with E-state index in [4.69, 9.17) is 28.9 Å². The van der Waals surface area contributed by atoms with Crippen LogP contribution in [0.1, 0.15) is 11.6 Å². The van der Waals surface area contributed by atoms with E-state index >= 15 is 0 Å². The number of nitrogens with two attached hydrogens (primary N) is 1. The highest BCUT2D eigenvalue weighted by Gasteiger charge is 2.39. The Balaban J connectivity index is 0.00000196. The van der Waals surface area contributed by atoms with Gasteiger partial charge in [-0.1, -0.05) is 29.3 Å². The average Bonchev–Trinajstić information content (AvgIpc) is 2.01. The Kier molecular flexibility index (Phi) is 5.20. The van der Waals surface area contributed by atoms with Crippen LogP contribution in [0.4, 0.5) is 13.2 Å². The molecule has 0 aliphatic rings. The summed E-state index contributed by atoms with van der Waals surface area (Å²) < 4.78 is 36.8. The van der Waals surface area contributed by atoms with Crippen LogP contribution in [0.3, 0.4) is 0 Å². The molecule has 0 amide bonds. The molecule has 0 heterocycles. The Labute approximate surface area is 101 Å². The predicted octanol–water partition coefficient (Wildman–Crippen LogP) is 3.98. The Morgan fingerprint density at radius 1 is 1.13 bits per heavy atom. The minimum absolute atomic E-state index is 0. The molecule has 0 saturated heterocycles. The lowest BCUT2D eigenvalue weighted by Gasteiger charge is -2.18. The van der Waals surface area contributed by atoms with Gasteiger partial charge in [0.25, 0.3) is 0 Å². The van der Waals surface area contributed by atoms with Crippen molar-refractivity contribution in [2.75, 3.05) is 0 Å². The molecule has 1 nitrogen and oxygen atoms in total. The fourth-order valence-corrected chi connectivity index (χ4v) is 1.60.